The average molecular weight is 815 g/mol. The van der Waals surface area contributed by atoms with Crippen LogP contribution >= 0.6 is 0 Å². The molecule has 0 saturated carbocycles. The summed E-state index contributed by atoms with van der Waals surface area (Å²) in [6.07, 6.45) is 0.963. The van der Waals surface area contributed by atoms with Gasteiger partial charge in [0.05, 0.1) is 11.7 Å². The molecule has 1 saturated heterocycles. The Kier molecular flexibility index (Phi) is 10.1. The number of hydrogen-bond acceptors (Lipinski definition) is 4. The summed E-state index contributed by atoms with van der Waals surface area (Å²) in [5.74, 6) is 0. The van der Waals surface area contributed by atoms with Gasteiger partial charge >= 0.3 is 0 Å². The molecule has 2 heterocycles. The van der Waals surface area contributed by atoms with Crippen LogP contribution in [0.2, 0.25) is 0 Å². The number of hydrogen-bond donors (Lipinski definition) is 2. The predicted octanol–water partition coefficient (Wildman–Crippen LogP) is 15.0. The quantitative estimate of drug-likeness (QED) is 0.113. The third-order valence-electron chi connectivity index (χ3n) is 12.8. The highest BCUT2D eigenvalue weighted by atomic mass is 16.5. The van der Waals surface area contributed by atoms with Gasteiger partial charge in [0, 0.05) is 59.0 Å². The Hall–Kier alpha value is -7.38. The minimum Gasteiger partial charge on any atom is -0.616 e. The molecule has 2 aliphatic heterocycles. The van der Waals surface area contributed by atoms with Crippen molar-refractivity contribution in [1.29, 1.82) is 0 Å². The fourth-order valence-corrected chi connectivity index (χ4v) is 9.58. The van der Waals surface area contributed by atoms with Gasteiger partial charge < -0.3 is 10.1 Å². The maximum Gasteiger partial charge on any atom is 0.151 e. The largest absolute Gasteiger partial charge is 0.616 e. The van der Waals surface area contributed by atoms with Crippen LogP contribution in [0.1, 0.15) is 41.4 Å². The number of quaternary nitrogens is 1. The summed E-state index contributed by atoms with van der Waals surface area (Å²) in [5, 5.41) is 23.2. The van der Waals surface area contributed by atoms with E-state index in [1.807, 2.05) is 48.5 Å². The third kappa shape index (κ3) is 7.23. The van der Waals surface area contributed by atoms with Crippen molar-refractivity contribution in [1.82, 2.24) is 15.3 Å². The van der Waals surface area contributed by atoms with E-state index in [-0.39, 0.29) is 18.2 Å². The average Bonchev–Trinajstić information content (AvgIpc) is 3.63. The van der Waals surface area contributed by atoms with Crippen molar-refractivity contribution in [3.05, 3.63) is 258 Å². The van der Waals surface area contributed by atoms with Gasteiger partial charge in [-0.3, -0.25) is 15.3 Å². The second-order valence-electron chi connectivity index (χ2n) is 16.5. The SMILES string of the molecule is [O-][N+]1(c2ccc(-c3ccc(C4CC(c5ccccc5)NC(c5ccccc5)N4)cc3)cc2)c2ccccc2-c2cc(-c3ccc(N(c4ccccc4)c4ccccc4)cc3)ccc21. The molecular weight excluding hydrogens is 769 g/mol. The van der Waals surface area contributed by atoms with Gasteiger partial charge in [-0.05, 0) is 112 Å². The molecule has 9 aromatic carbocycles. The van der Waals surface area contributed by atoms with E-state index in [9.17, 15) is 0 Å². The summed E-state index contributed by atoms with van der Waals surface area (Å²) in [6.45, 7) is 0. The lowest BCUT2D eigenvalue weighted by Crippen LogP contribution is -2.45. The van der Waals surface area contributed by atoms with Crippen LogP contribution in [0.4, 0.5) is 34.1 Å². The molecule has 11 rings (SSSR count). The van der Waals surface area contributed by atoms with E-state index in [2.05, 4.69) is 204 Å². The summed E-state index contributed by atoms with van der Waals surface area (Å²) < 4.78 is -0.639. The zero-order valence-electron chi connectivity index (χ0n) is 34.8. The fourth-order valence-electron chi connectivity index (χ4n) is 9.58. The summed E-state index contributed by atoms with van der Waals surface area (Å²) in [4.78, 5) is 2.27. The van der Waals surface area contributed by atoms with Crippen molar-refractivity contribution < 1.29 is 0 Å². The molecule has 0 spiro atoms. The molecule has 0 bridgehead atoms. The van der Waals surface area contributed by atoms with Gasteiger partial charge in [0.2, 0.25) is 0 Å². The van der Waals surface area contributed by atoms with Crippen molar-refractivity contribution >= 4 is 34.1 Å². The molecule has 2 N–H and O–H groups in total. The van der Waals surface area contributed by atoms with Gasteiger partial charge in [0.15, 0.2) is 11.4 Å². The molecule has 0 amide bonds. The lowest BCUT2D eigenvalue weighted by molar-refractivity contribution is 0.247. The fraction of sp³-hybridized carbons (Fsp3) is 0.0690. The Morgan fingerprint density at radius 3 is 1.41 bits per heavy atom. The minimum atomic E-state index is -0.639. The van der Waals surface area contributed by atoms with E-state index < -0.39 is 4.65 Å². The number of nitrogens with zero attached hydrogens (tertiary/aromatic N) is 2. The van der Waals surface area contributed by atoms with Gasteiger partial charge in [0.1, 0.15) is 5.69 Å². The smallest absolute Gasteiger partial charge is 0.151 e. The van der Waals surface area contributed by atoms with E-state index in [0.29, 0.717) is 5.69 Å². The number of rotatable bonds is 9. The van der Waals surface area contributed by atoms with Crippen LogP contribution in [0.25, 0.3) is 33.4 Å². The van der Waals surface area contributed by atoms with E-state index in [1.54, 1.807) is 0 Å². The molecule has 63 heavy (non-hydrogen) atoms. The molecule has 9 aromatic rings. The zero-order valence-corrected chi connectivity index (χ0v) is 34.8. The first-order valence-corrected chi connectivity index (χ1v) is 21.8. The third-order valence-corrected chi connectivity index (χ3v) is 12.8. The van der Waals surface area contributed by atoms with Crippen molar-refractivity contribution in [3.8, 4) is 33.4 Å². The normalized spacial score (nSPS) is 18.9. The highest BCUT2D eigenvalue weighted by Gasteiger charge is 2.39. The van der Waals surface area contributed by atoms with Gasteiger partial charge in [-0.1, -0.05) is 146 Å². The summed E-state index contributed by atoms with van der Waals surface area (Å²) >= 11 is 0. The first-order valence-electron chi connectivity index (χ1n) is 21.8. The topological polar surface area (TPSA) is 50.4 Å². The predicted molar refractivity (Wildman–Crippen MR) is 260 cm³/mol. The highest BCUT2D eigenvalue weighted by molar-refractivity contribution is 6.00. The molecule has 0 aromatic heterocycles. The number of benzene rings is 9. The van der Waals surface area contributed by atoms with Crippen molar-refractivity contribution in [2.45, 2.75) is 24.7 Å². The summed E-state index contributed by atoms with van der Waals surface area (Å²) in [7, 11) is 0. The second-order valence-corrected chi connectivity index (χ2v) is 16.5. The Balaban J connectivity index is 0.859. The first-order chi connectivity index (χ1) is 31.1. The van der Waals surface area contributed by atoms with Crippen LogP contribution in [0.3, 0.4) is 0 Å². The van der Waals surface area contributed by atoms with Gasteiger partial charge in [-0.15, -0.1) is 0 Å². The molecule has 4 unspecified atom stereocenters. The van der Waals surface area contributed by atoms with Gasteiger partial charge in [-0.2, -0.15) is 0 Å². The first kappa shape index (κ1) is 38.5. The van der Waals surface area contributed by atoms with E-state index in [1.165, 1.54) is 16.7 Å². The molecule has 0 aliphatic carbocycles. The maximum atomic E-state index is 15.4. The molecule has 5 heteroatoms. The van der Waals surface area contributed by atoms with E-state index in [0.717, 1.165) is 68.2 Å². The van der Waals surface area contributed by atoms with Crippen LogP contribution in [-0.4, -0.2) is 0 Å². The number of para-hydroxylation sites is 3. The lowest BCUT2D eigenvalue weighted by atomic mass is 9.90. The molecule has 2 aliphatic rings. The van der Waals surface area contributed by atoms with Crippen LogP contribution in [0.15, 0.2) is 237 Å². The molecule has 4 atom stereocenters. The van der Waals surface area contributed by atoms with Crippen molar-refractivity contribution in [3.63, 3.8) is 0 Å². The lowest BCUT2D eigenvalue weighted by Gasteiger charge is -2.38. The number of anilines is 3. The summed E-state index contributed by atoms with van der Waals surface area (Å²) in [5.41, 5.74) is 15.5. The molecular formula is C58H46N4O. The molecule has 1 fully saturated rings. The van der Waals surface area contributed by atoms with E-state index in [4.69, 9.17) is 0 Å². The molecule has 0 radical (unpaired) electrons. The monoisotopic (exact) mass is 814 g/mol. The summed E-state index contributed by atoms with van der Waals surface area (Å²) in [6, 6.07) is 82.8. The van der Waals surface area contributed by atoms with Crippen LogP contribution in [-0.2, 0) is 0 Å². The minimum absolute atomic E-state index is 0.0284. The van der Waals surface area contributed by atoms with Crippen molar-refractivity contribution in [2.24, 2.45) is 0 Å². The Labute approximate surface area is 369 Å². The van der Waals surface area contributed by atoms with Crippen LogP contribution in [0, 0.1) is 5.21 Å². The Morgan fingerprint density at radius 2 is 0.810 bits per heavy atom. The highest BCUT2D eigenvalue weighted by Crippen LogP contribution is 2.57. The van der Waals surface area contributed by atoms with Crippen molar-refractivity contribution in [2.75, 3.05) is 4.90 Å². The number of fused-ring (bicyclic) bond motifs is 3. The van der Waals surface area contributed by atoms with E-state index >= 15 is 5.21 Å². The second kappa shape index (κ2) is 16.5. The zero-order chi connectivity index (χ0) is 42.2. The number of nitrogens with one attached hydrogen (secondary N) is 2. The Morgan fingerprint density at radius 1 is 0.381 bits per heavy atom. The molecule has 304 valence electrons. The standard InChI is InChI=1S/C58H46N4O/c63-62(51-36-31-42(32-37-51)41-25-27-45(28-26-41)55-40-54(44-15-5-1-6-16-44)59-58(60-55)46-17-7-2-8-18-46)56-24-14-13-23-52(56)53-39-47(33-38-57(53)62)43-29-34-50(35-30-43)61(48-19-9-3-10-20-48)49-21-11-4-12-22-49/h1-39,54-55,58-60H,40H2. The van der Waals surface area contributed by atoms with Crippen LogP contribution < -0.4 is 20.2 Å². The Bertz CT molecular complexity index is 2890. The maximum absolute atomic E-state index is 15.4. The van der Waals surface area contributed by atoms with Gasteiger partial charge in [-0.25, -0.2) is 0 Å². The van der Waals surface area contributed by atoms with Gasteiger partial charge in [0.25, 0.3) is 0 Å². The van der Waals surface area contributed by atoms with Crippen LogP contribution in [0.5, 0.6) is 0 Å². The molecule has 5 nitrogen and oxygen atoms in total.